The lowest BCUT2D eigenvalue weighted by atomic mass is 10.2. The van der Waals surface area contributed by atoms with E-state index in [-0.39, 0.29) is 10.8 Å². The Morgan fingerprint density at radius 2 is 1.86 bits per heavy atom. The number of hydrogen-bond donors (Lipinski definition) is 1. The second-order valence-corrected chi connectivity index (χ2v) is 8.57. The molecule has 2 aromatic carbocycles. The summed E-state index contributed by atoms with van der Waals surface area (Å²) in [6.07, 6.45) is 6.51. The van der Waals surface area contributed by atoms with Gasteiger partial charge in [0.1, 0.15) is 12.4 Å². The van der Waals surface area contributed by atoms with E-state index in [1.165, 1.54) is 16.4 Å². The molecule has 7 heteroatoms. The Morgan fingerprint density at radius 3 is 2.55 bits per heavy atom. The topological polar surface area (TPSA) is 75.7 Å². The highest BCUT2D eigenvalue weighted by Crippen LogP contribution is 2.23. The Hall–Kier alpha value is -2.90. The van der Waals surface area contributed by atoms with Crippen molar-refractivity contribution in [3.05, 3.63) is 72.8 Å². The first-order valence-electron chi connectivity index (χ1n) is 9.42. The van der Waals surface area contributed by atoms with E-state index in [9.17, 15) is 13.2 Å². The van der Waals surface area contributed by atoms with E-state index in [2.05, 4.69) is 11.9 Å². The molecule has 0 radical (unpaired) electrons. The molecule has 0 atom stereocenters. The van der Waals surface area contributed by atoms with Crippen LogP contribution in [0.15, 0.2) is 72.2 Å². The number of ether oxygens (including phenoxy) is 1. The Bertz CT molecular complexity index is 992. The second-order valence-electron chi connectivity index (χ2n) is 6.63. The lowest BCUT2D eigenvalue weighted by Crippen LogP contribution is -2.27. The van der Waals surface area contributed by atoms with E-state index in [1.54, 1.807) is 30.4 Å². The molecule has 1 heterocycles. The van der Waals surface area contributed by atoms with Crippen LogP contribution >= 0.6 is 0 Å². The number of sulfonamides is 1. The molecule has 1 fully saturated rings. The molecule has 0 spiro atoms. The van der Waals surface area contributed by atoms with Crippen LogP contribution in [0.3, 0.4) is 0 Å². The van der Waals surface area contributed by atoms with Gasteiger partial charge < -0.3 is 10.1 Å². The summed E-state index contributed by atoms with van der Waals surface area (Å²) in [7, 11) is -3.52. The van der Waals surface area contributed by atoms with E-state index in [1.807, 2.05) is 24.3 Å². The summed E-state index contributed by atoms with van der Waals surface area (Å²) in [6, 6.07) is 13.6. The Morgan fingerprint density at radius 1 is 1.14 bits per heavy atom. The van der Waals surface area contributed by atoms with Crippen molar-refractivity contribution >= 4 is 27.7 Å². The summed E-state index contributed by atoms with van der Waals surface area (Å²) in [5.74, 6) is 0.384. The molecule has 6 nitrogen and oxygen atoms in total. The van der Waals surface area contributed by atoms with E-state index in [0.717, 1.165) is 24.2 Å². The molecule has 0 aromatic heterocycles. The largest absolute Gasteiger partial charge is 0.490 e. The molecule has 2 aromatic rings. The van der Waals surface area contributed by atoms with Gasteiger partial charge in [0, 0.05) is 24.9 Å². The maximum Gasteiger partial charge on any atom is 0.248 e. The minimum atomic E-state index is -3.52. The van der Waals surface area contributed by atoms with Gasteiger partial charge in [0.05, 0.1) is 4.90 Å². The predicted octanol–water partition coefficient (Wildman–Crippen LogP) is 3.69. The average molecular weight is 413 g/mol. The second kappa shape index (κ2) is 9.54. The number of rotatable bonds is 8. The first-order valence-corrected chi connectivity index (χ1v) is 10.9. The molecule has 0 saturated carbocycles. The van der Waals surface area contributed by atoms with Crippen LogP contribution in [0.4, 0.5) is 5.69 Å². The van der Waals surface area contributed by atoms with Crippen molar-refractivity contribution in [2.24, 2.45) is 0 Å². The van der Waals surface area contributed by atoms with Crippen LogP contribution in [0, 0.1) is 0 Å². The summed E-state index contributed by atoms with van der Waals surface area (Å²) < 4.78 is 32.2. The maximum absolute atomic E-state index is 12.7. The smallest absolute Gasteiger partial charge is 0.248 e. The fourth-order valence-corrected chi connectivity index (χ4v) is 4.56. The van der Waals surface area contributed by atoms with E-state index >= 15 is 0 Å². The normalized spacial score (nSPS) is 14.8. The third-order valence-corrected chi connectivity index (χ3v) is 6.37. The molecule has 0 bridgehead atoms. The highest BCUT2D eigenvalue weighted by atomic mass is 32.2. The molecular formula is C22H24N2O4S. The van der Waals surface area contributed by atoms with Crippen LogP contribution in [-0.4, -0.2) is 38.3 Å². The third-order valence-electron chi connectivity index (χ3n) is 4.48. The average Bonchev–Trinajstić information content (AvgIpc) is 3.27. The number of carbonyl (C=O) groups excluding carboxylic acids is 1. The molecule has 0 unspecified atom stereocenters. The lowest BCUT2D eigenvalue weighted by molar-refractivity contribution is -0.111. The van der Waals surface area contributed by atoms with Gasteiger partial charge in [-0.3, -0.25) is 4.79 Å². The molecule has 1 aliphatic rings. The van der Waals surface area contributed by atoms with Gasteiger partial charge in [-0.1, -0.05) is 30.9 Å². The molecule has 1 saturated heterocycles. The Labute approximate surface area is 171 Å². The van der Waals surface area contributed by atoms with Gasteiger partial charge >= 0.3 is 0 Å². The molecule has 152 valence electrons. The summed E-state index contributed by atoms with van der Waals surface area (Å²) in [4.78, 5) is 12.4. The van der Waals surface area contributed by atoms with Crippen LogP contribution < -0.4 is 10.1 Å². The summed E-state index contributed by atoms with van der Waals surface area (Å²) in [6.45, 7) is 5.12. The SMILES string of the molecule is C=CCOc1ccc(/C=C/C(=O)Nc2cccc(S(=O)(=O)N3CCCC3)c2)cc1. The van der Waals surface area contributed by atoms with E-state index in [0.29, 0.717) is 25.4 Å². The quantitative estimate of drug-likeness (QED) is 0.530. The fourth-order valence-electron chi connectivity index (χ4n) is 3.00. The van der Waals surface area contributed by atoms with Gasteiger partial charge in [-0.15, -0.1) is 0 Å². The molecular weight excluding hydrogens is 388 g/mol. The zero-order valence-corrected chi connectivity index (χ0v) is 16.9. The summed E-state index contributed by atoms with van der Waals surface area (Å²) in [5, 5.41) is 2.71. The number of nitrogens with zero attached hydrogens (tertiary/aromatic N) is 1. The fraction of sp³-hybridized carbons (Fsp3) is 0.227. The van der Waals surface area contributed by atoms with Crippen molar-refractivity contribution in [2.45, 2.75) is 17.7 Å². The number of amides is 1. The van der Waals surface area contributed by atoms with Crippen molar-refractivity contribution < 1.29 is 17.9 Å². The van der Waals surface area contributed by atoms with Gasteiger partial charge in [-0.25, -0.2) is 8.42 Å². The standard InChI is InChI=1S/C22H24N2O4S/c1-2-16-28-20-11-8-18(9-12-20)10-13-22(25)23-19-6-5-7-21(17-19)29(26,27)24-14-3-4-15-24/h2,5-13,17H,1,3-4,14-16H2,(H,23,25)/b13-10+. The summed E-state index contributed by atoms with van der Waals surface area (Å²) >= 11 is 0. The van der Waals surface area contributed by atoms with Crippen LogP contribution in [0.1, 0.15) is 18.4 Å². The molecule has 1 amide bonds. The van der Waals surface area contributed by atoms with Gasteiger partial charge in [0.2, 0.25) is 15.9 Å². The number of nitrogens with one attached hydrogen (secondary N) is 1. The first kappa shape index (κ1) is 20.8. The lowest BCUT2D eigenvalue weighted by Gasteiger charge is -2.16. The number of anilines is 1. The molecule has 1 aliphatic heterocycles. The van der Waals surface area contributed by atoms with Gasteiger partial charge in [0.15, 0.2) is 0 Å². The molecule has 3 rings (SSSR count). The third kappa shape index (κ3) is 5.56. The van der Waals surface area contributed by atoms with Crippen LogP contribution in [0.25, 0.3) is 6.08 Å². The molecule has 1 N–H and O–H groups in total. The van der Waals surface area contributed by atoms with Gasteiger partial charge in [0.25, 0.3) is 0 Å². The summed E-state index contributed by atoms with van der Waals surface area (Å²) in [5.41, 5.74) is 1.28. The van der Waals surface area contributed by atoms with Crippen molar-refractivity contribution in [1.82, 2.24) is 4.31 Å². The van der Waals surface area contributed by atoms with Crippen LogP contribution in [-0.2, 0) is 14.8 Å². The minimum Gasteiger partial charge on any atom is -0.490 e. The van der Waals surface area contributed by atoms with Crippen molar-refractivity contribution in [3.8, 4) is 5.75 Å². The highest BCUT2D eigenvalue weighted by Gasteiger charge is 2.27. The van der Waals surface area contributed by atoms with Crippen molar-refractivity contribution in [2.75, 3.05) is 25.0 Å². The Balaban J connectivity index is 1.63. The van der Waals surface area contributed by atoms with Crippen LogP contribution in [0.5, 0.6) is 5.75 Å². The van der Waals surface area contributed by atoms with E-state index in [4.69, 9.17) is 4.74 Å². The minimum absolute atomic E-state index is 0.191. The van der Waals surface area contributed by atoms with Crippen molar-refractivity contribution in [3.63, 3.8) is 0 Å². The monoisotopic (exact) mass is 412 g/mol. The molecule has 29 heavy (non-hydrogen) atoms. The number of benzene rings is 2. The Kier molecular flexibility index (Phi) is 6.85. The number of carbonyl (C=O) groups is 1. The first-order chi connectivity index (χ1) is 14.0. The van der Waals surface area contributed by atoms with Gasteiger partial charge in [-0.05, 0) is 54.8 Å². The molecule has 0 aliphatic carbocycles. The van der Waals surface area contributed by atoms with E-state index < -0.39 is 10.0 Å². The predicted molar refractivity (Wildman–Crippen MR) is 114 cm³/mol. The highest BCUT2D eigenvalue weighted by molar-refractivity contribution is 7.89. The van der Waals surface area contributed by atoms with Crippen molar-refractivity contribution in [1.29, 1.82) is 0 Å². The van der Waals surface area contributed by atoms with Crippen LogP contribution in [0.2, 0.25) is 0 Å². The number of hydrogen-bond acceptors (Lipinski definition) is 4. The zero-order valence-electron chi connectivity index (χ0n) is 16.1. The van der Waals surface area contributed by atoms with Gasteiger partial charge in [-0.2, -0.15) is 4.31 Å². The zero-order chi connectivity index (χ0) is 20.7. The maximum atomic E-state index is 12.7.